The van der Waals surface area contributed by atoms with Crippen molar-refractivity contribution >= 4 is 28.9 Å². The van der Waals surface area contributed by atoms with Crippen molar-refractivity contribution in [2.24, 2.45) is 0 Å². The van der Waals surface area contributed by atoms with Gasteiger partial charge in [-0.05, 0) is 48.4 Å². The second-order valence-corrected chi connectivity index (χ2v) is 7.40. The molecule has 0 spiro atoms. The minimum atomic E-state index is 0.416. The van der Waals surface area contributed by atoms with Crippen LogP contribution in [-0.2, 0) is 13.2 Å². The van der Waals surface area contributed by atoms with Crippen molar-refractivity contribution in [2.45, 2.75) is 20.1 Å². The normalized spacial score (nSPS) is 10.5. The highest BCUT2D eigenvalue weighted by atomic mass is 35.5. The molecule has 0 aliphatic carbocycles. The molecule has 0 aromatic heterocycles. The summed E-state index contributed by atoms with van der Waals surface area (Å²) in [6.45, 7) is 3.02. The molecular formula is C23H23Cl2NO3. The average Bonchev–Trinajstić information content (AvgIpc) is 2.71. The molecule has 0 bridgehead atoms. The fourth-order valence-electron chi connectivity index (χ4n) is 2.95. The Morgan fingerprint density at radius 1 is 0.828 bits per heavy atom. The summed E-state index contributed by atoms with van der Waals surface area (Å²) >= 11 is 12.7. The molecule has 3 rings (SSSR count). The van der Waals surface area contributed by atoms with Gasteiger partial charge in [0.2, 0.25) is 0 Å². The zero-order chi connectivity index (χ0) is 20.8. The molecule has 0 saturated heterocycles. The molecule has 0 aliphatic heterocycles. The van der Waals surface area contributed by atoms with Crippen LogP contribution in [0.25, 0.3) is 0 Å². The van der Waals surface area contributed by atoms with Gasteiger partial charge in [0.25, 0.3) is 0 Å². The van der Waals surface area contributed by atoms with E-state index in [1.54, 1.807) is 14.2 Å². The number of halogens is 2. The summed E-state index contributed by atoms with van der Waals surface area (Å²) < 4.78 is 16.6. The first-order chi connectivity index (χ1) is 14.0. The third-order valence-corrected chi connectivity index (χ3v) is 4.98. The number of hydrogen-bond acceptors (Lipinski definition) is 4. The van der Waals surface area contributed by atoms with E-state index in [0.29, 0.717) is 40.4 Å². The fraction of sp³-hybridized carbons (Fsp3) is 0.217. The van der Waals surface area contributed by atoms with Gasteiger partial charge in [-0.3, -0.25) is 0 Å². The summed E-state index contributed by atoms with van der Waals surface area (Å²) in [5.41, 5.74) is 4.10. The number of methoxy groups -OCH3 is 2. The number of hydrogen-bond donors (Lipinski definition) is 1. The van der Waals surface area contributed by atoms with Gasteiger partial charge in [0.1, 0.15) is 12.4 Å². The number of nitrogens with one attached hydrogen (secondary N) is 1. The largest absolute Gasteiger partial charge is 0.495 e. The van der Waals surface area contributed by atoms with Gasteiger partial charge in [-0.15, -0.1) is 0 Å². The van der Waals surface area contributed by atoms with Crippen molar-refractivity contribution in [3.8, 4) is 17.2 Å². The monoisotopic (exact) mass is 431 g/mol. The minimum Gasteiger partial charge on any atom is -0.495 e. The SMILES string of the molecule is COc1ccc(NCc2cc(Cl)c(OCc3cccc(C)c3)c(OC)c2)cc1Cl. The summed E-state index contributed by atoms with van der Waals surface area (Å²) in [5, 5.41) is 4.37. The molecule has 0 atom stereocenters. The maximum Gasteiger partial charge on any atom is 0.180 e. The zero-order valence-electron chi connectivity index (χ0n) is 16.6. The van der Waals surface area contributed by atoms with E-state index in [9.17, 15) is 0 Å². The van der Waals surface area contributed by atoms with Crippen LogP contribution in [0.2, 0.25) is 10.0 Å². The van der Waals surface area contributed by atoms with Crippen LogP contribution >= 0.6 is 23.2 Å². The van der Waals surface area contributed by atoms with Crippen molar-refractivity contribution in [1.82, 2.24) is 0 Å². The molecule has 6 heteroatoms. The Balaban J connectivity index is 1.71. The van der Waals surface area contributed by atoms with E-state index < -0.39 is 0 Å². The quantitative estimate of drug-likeness (QED) is 0.441. The van der Waals surface area contributed by atoms with Gasteiger partial charge in [0, 0.05) is 12.2 Å². The molecule has 0 radical (unpaired) electrons. The van der Waals surface area contributed by atoms with Crippen LogP contribution in [0.4, 0.5) is 5.69 Å². The molecule has 3 aromatic carbocycles. The molecule has 4 nitrogen and oxygen atoms in total. The van der Waals surface area contributed by atoms with Crippen LogP contribution in [0.1, 0.15) is 16.7 Å². The van der Waals surface area contributed by atoms with Crippen molar-refractivity contribution in [3.05, 3.63) is 81.3 Å². The van der Waals surface area contributed by atoms with Gasteiger partial charge < -0.3 is 19.5 Å². The highest BCUT2D eigenvalue weighted by Gasteiger charge is 2.13. The number of rotatable bonds is 8. The van der Waals surface area contributed by atoms with Crippen LogP contribution < -0.4 is 19.5 Å². The van der Waals surface area contributed by atoms with E-state index in [1.165, 1.54) is 5.56 Å². The first kappa shape index (κ1) is 21.2. The van der Waals surface area contributed by atoms with E-state index in [0.717, 1.165) is 16.8 Å². The number of anilines is 1. The van der Waals surface area contributed by atoms with Crippen molar-refractivity contribution in [1.29, 1.82) is 0 Å². The molecule has 0 unspecified atom stereocenters. The van der Waals surface area contributed by atoms with E-state index in [2.05, 4.69) is 24.4 Å². The van der Waals surface area contributed by atoms with Crippen LogP contribution in [0.5, 0.6) is 17.2 Å². The predicted molar refractivity (Wildman–Crippen MR) is 119 cm³/mol. The van der Waals surface area contributed by atoms with Crippen molar-refractivity contribution in [2.75, 3.05) is 19.5 Å². The number of aryl methyl sites for hydroxylation is 1. The number of ether oxygens (including phenoxy) is 3. The molecule has 3 aromatic rings. The van der Waals surface area contributed by atoms with Gasteiger partial charge in [-0.1, -0.05) is 53.0 Å². The molecule has 0 heterocycles. The molecule has 29 heavy (non-hydrogen) atoms. The Morgan fingerprint density at radius 2 is 1.62 bits per heavy atom. The Bertz CT molecular complexity index is 992. The lowest BCUT2D eigenvalue weighted by Gasteiger charge is -2.15. The Morgan fingerprint density at radius 3 is 2.31 bits per heavy atom. The Hall–Kier alpha value is -2.56. The average molecular weight is 432 g/mol. The van der Waals surface area contributed by atoms with Crippen LogP contribution in [0, 0.1) is 6.92 Å². The lowest BCUT2D eigenvalue weighted by Crippen LogP contribution is -2.03. The maximum atomic E-state index is 6.49. The van der Waals surface area contributed by atoms with E-state index >= 15 is 0 Å². The third-order valence-electron chi connectivity index (χ3n) is 4.40. The van der Waals surface area contributed by atoms with Gasteiger partial charge >= 0.3 is 0 Å². The van der Waals surface area contributed by atoms with Gasteiger partial charge in [0.05, 0.1) is 24.3 Å². The third kappa shape index (κ3) is 5.49. The van der Waals surface area contributed by atoms with Crippen molar-refractivity contribution in [3.63, 3.8) is 0 Å². The van der Waals surface area contributed by atoms with Gasteiger partial charge in [-0.2, -0.15) is 0 Å². The van der Waals surface area contributed by atoms with Crippen LogP contribution in [0.3, 0.4) is 0 Å². The summed E-state index contributed by atoms with van der Waals surface area (Å²) in [5.74, 6) is 1.76. The summed E-state index contributed by atoms with van der Waals surface area (Å²) in [6, 6.07) is 17.5. The molecule has 1 N–H and O–H groups in total. The fourth-order valence-corrected chi connectivity index (χ4v) is 3.50. The number of benzene rings is 3. The standard InChI is InChI=1S/C23H23Cl2NO3/c1-15-5-4-6-16(9-15)14-29-23-20(25)10-17(11-22(23)28-3)13-26-18-7-8-21(27-2)19(24)12-18/h4-12,26H,13-14H2,1-3H3. The second kappa shape index (κ2) is 9.77. The zero-order valence-corrected chi connectivity index (χ0v) is 18.1. The Kier molecular flexibility index (Phi) is 7.13. The molecule has 152 valence electrons. The smallest absolute Gasteiger partial charge is 0.180 e. The van der Waals surface area contributed by atoms with Crippen LogP contribution in [-0.4, -0.2) is 14.2 Å². The molecule has 0 amide bonds. The first-order valence-electron chi connectivity index (χ1n) is 9.12. The van der Waals surface area contributed by atoms with Gasteiger partial charge in [-0.25, -0.2) is 0 Å². The van der Waals surface area contributed by atoms with E-state index in [4.69, 9.17) is 37.4 Å². The first-order valence-corrected chi connectivity index (χ1v) is 9.88. The molecule has 0 fully saturated rings. The lowest BCUT2D eigenvalue weighted by atomic mass is 10.1. The van der Waals surface area contributed by atoms with Crippen LogP contribution in [0.15, 0.2) is 54.6 Å². The summed E-state index contributed by atoms with van der Waals surface area (Å²) in [6.07, 6.45) is 0. The Labute approximate surface area is 181 Å². The highest BCUT2D eigenvalue weighted by Crippen LogP contribution is 2.37. The molecule has 0 saturated carbocycles. The maximum absolute atomic E-state index is 6.49. The molecular weight excluding hydrogens is 409 g/mol. The highest BCUT2D eigenvalue weighted by molar-refractivity contribution is 6.32. The second-order valence-electron chi connectivity index (χ2n) is 6.59. The van der Waals surface area contributed by atoms with Gasteiger partial charge in [0.15, 0.2) is 11.5 Å². The summed E-state index contributed by atoms with van der Waals surface area (Å²) in [7, 11) is 3.19. The summed E-state index contributed by atoms with van der Waals surface area (Å²) in [4.78, 5) is 0. The van der Waals surface area contributed by atoms with E-state index in [1.807, 2.05) is 42.5 Å². The lowest BCUT2D eigenvalue weighted by molar-refractivity contribution is 0.284. The van der Waals surface area contributed by atoms with E-state index in [-0.39, 0.29) is 0 Å². The van der Waals surface area contributed by atoms with Crippen molar-refractivity contribution < 1.29 is 14.2 Å². The predicted octanol–water partition coefficient (Wildman–Crippen LogP) is 6.51. The topological polar surface area (TPSA) is 39.7 Å². The molecule has 0 aliphatic rings. The minimum absolute atomic E-state index is 0.416.